The van der Waals surface area contributed by atoms with Crippen molar-refractivity contribution >= 4 is 22.2 Å². The molecule has 19 heavy (non-hydrogen) atoms. The number of nitro groups is 1. The highest BCUT2D eigenvalue weighted by Gasteiger charge is 2.14. The fourth-order valence-corrected chi connectivity index (χ4v) is 2.60. The predicted molar refractivity (Wildman–Crippen MR) is 74.8 cm³/mol. The third-order valence-corrected chi connectivity index (χ3v) is 3.44. The van der Waals surface area contributed by atoms with Gasteiger partial charge in [0.15, 0.2) is 5.13 Å². The van der Waals surface area contributed by atoms with Crippen molar-refractivity contribution < 1.29 is 4.92 Å². The summed E-state index contributed by atoms with van der Waals surface area (Å²) in [7, 11) is 1.91. The number of nitrogens with zero attached hydrogens (tertiary/aromatic N) is 3. The van der Waals surface area contributed by atoms with E-state index in [1.54, 1.807) is 24.4 Å². The lowest BCUT2D eigenvalue weighted by molar-refractivity contribution is -0.385. The van der Waals surface area contributed by atoms with Crippen LogP contribution in [0.25, 0.3) is 0 Å². The number of para-hydroxylation sites is 1. The second kappa shape index (κ2) is 5.77. The highest BCUT2D eigenvalue weighted by molar-refractivity contribution is 7.15. The van der Waals surface area contributed by atoms with Gasteiger partial charge in [-0.05, 0) is 7.05 Å². The minimum absolute atomic E-state index is 0.151. The normalized spacial score (nSPS) is 10.8. The summed E-state index contributed by atoms with van der Waals surface area (Å²) >= 11 is 1.43. The van der Waals surface area contributed by atoms with Crippen LogP contribution in [0.15, 0.2) is 30.5 Å². The predicted octanol–water partition coefficient (Wildman–Crippen LogP) is 2.27. The molecule has 6 nitrogen and oxygen atoms in total. The van der Waals surface area contributed by atoms with Crippen LogP contribution in [0.3, 0.4) is 0 Å². The van der Waals surface area contributed by atoms with Crippen molar-refractivity contribution in [2.24, 2.45) is 0 Å². The SMILES string of the molecule is CN(Cc1cnc(N)s1)Cc1ccccc1[N+](=O)[O-]. The Morgan fingerprint density at radius 1 is 1.42 bits per heavy atom. The number of nitro benzene ring substituents is 1. The Labute approximate surface area is 114 Å². The maximum absolute atomic E-state index is 10.9. The lowest BCUT2D eigenvalue weighted by Crippen LogP contribution is -2.17. The summed E-state index contributed by atoms with van der Waals surface area (Å²) in [5.41, 5.74) is 6.42. The van der Waals surface area contributed by atoms with Gasteiger partial charge in [0.05, 0.1) is 4.92 Å². The zero-order valence-corrected chi connectivity index (χ0v) is 11.3. The molecule has 1 aromatic carbocycles. The Bertz CT molecular complexity index is 585. The molecule has 0 radical (unpaired) electrons. The van der Waals surface area contributed by atoms with Crippen molar-refractivity contribution in [2.45, 2.75) is 13.1 Å². The number of benzene rings is 1. The third kappa shape index (κ3) is 3.49. The molecule has 0 aliphatic rings. The topological polar surface area (TPSA) is 85.3 Å². The van der Waals surface area contributed by atoms with Gasteiger partial charge in [0.2, 0.25) is 0 Å². The number of hydrogen-bond acceptors (Lipinski definition) is 6. The van der Waals surface area contributed by atoms with E-state index in [1.165, 1.54) is 17.4 Å². The van der Waals surface area contributed by atoms with Crippen LogP contribution in [0.4, 0.5) is 10.8 Å². The molecule has 0 saturated heterocycles. The average Bonchev–Trinajstić information content (AvgIpc) is 2.75. The summed E-state index contributed by atoms with van der Waals surface area (Å²) < 4.78 is 0. The number of nitrogens with two attached hydrogens (primary N) is 1. The molecule has 0 bridgehead atoms. The Hall–Kier alpha value is -1.99. The second-order valence-electron chi connectivity index (χ2n) is 4.22. The zero-order chi connectivity index (χ0) is 13.8. The standard InChI is InChI=1S/C12H14N4O2S/c1-15(8-10-6-14-12(13)19-10)7-9-4-2-3-5-11(9)16(17)18/h2-6H,7-8H2,1H3,(H2,13,14). The van der Waals surface area contributed by atoms with E-state index in [-0.39, 0.29) is 10.6 Å². The van der Waals surface area contributed by atoms with Gasteiger partial charge in [0.25, 0.3) is 5.69 Å². The maximum atomic E-state index is 10.9. The van der Waals surface area contributed by atoms with Crippen molar-refractivity contribution in [1.29, 1.82) is 0 Å². The van der Waals surface area contributed by atoms with Crippen LogP contribution in [0.1, 0.15) is 10.4 Å². The van der Waals surface area contributed by atoms with Gasteiger partial charge >= 0.3 is 0 Å². The van der Waals surface area contributed by atoms with E-state index in [9.17, 15) is 10.1 Å². The Morgan fingerprint density at radius 2 is 2.16 bits per heavy atom. The van der Waals surface area contributed by atoms with E-state index < -0.39 is 0 Å². The van der Waals surface area contributed by atoms with Gasteiger partial charge < -0.3 is 5.73 Å². The molecule has 0 amide bonds. The Kier molecular flexibility index (Phi) is 4.08. The van der Waals surface area contributed by atoms with Gasteiger partial charge in [0.1, 0.15) is 0 Å². The number of hydrogen-bond donors (Lipinski definition) is 1. The van der Waals surface area contributed by atoms with Gasteiger partial charge in [-0.15, -0.1) is 11.3 Å². The van der Waals surface area contributed by atoms with Crippen LogP contribution in [0, 0.1) is 10.1 Å². The van der Waals surface area contributed by atoms with Gasteiger partial charge in [0, 0.05) is 35.8 Å². The molecule has 2 rings (SSSR count). The monoisotopic (exact) mass is 278 g/mol. The fraction of sp³-hybridized carbons (Fsp3) is 0.250. The second-order valence-corrected chi connectivity index (χ2v) is 5.37. The molecule has 0 aliphatic carbocycles. The van der Waals surface area contributed by atoms with Crippen molar-refractivity contribution in [2.75, 3.05) is 12.8 Å². The molecule has 0 spiro atoms. The molecular weight excluding hydrogens is 264 g/mol. The van der Waals surface area contributed by atoms with E-state index in [0.717, 1.165) is 4.88 Å². The Balaban J connectivity index is 2.06. The number of anilines is 1. The largest absolute Gasteiger partial charge is 0.375 e. The number of aromatic nitrogens is 1. The van der Waals surface area contributed by atoms with Crippen LogP contribution in [-0.2, 0) is 13.1 Å². The number of thiazole rings is 1. The van der Waals surface area contributed by atoms with E-state index >= 15 is 0 Å². The summed E-state index contributed by atoms with van der Waals surface area (Å²) in [4.78, 5) is 17.6. The first-order valence-electron chi connectivity index (χ1n) is 5.67. The van der Waals surface area contributed by atoms with Gasteiger partial charge in [-0.3, -0.25) is 15.0 Å². The van der Waals surface area contributed by atoms with E-state index in [2.05, 4.69) is 4.98 Å². The number of rotatable bonds is 5. The van der Waals surface area contributed by atoms with Crippen LogP contribution in [0.5, 0.6) is 0 Å². The first-order chi connectivity index (χ1) is 9.06. The fourth-order valence-electron chi connectivity index (χ4n) is 1.83. The molecule has 2 N–H and O–H groups in total. The van der Waals surface area contributed by atoms with Crippen LogP contribution >= 0.6 is 11.3 Å². The van der Waals surface area contributed by atoms with Gasteiger partial charge in [-0.2, -0.15) is 0 Å². The van der Waals surface area contributed by atoms with Crippen LogP contribution in [0.2, 0.25) is 0 Å². The summed E-state index contributed by atoms with van der Waals surface area (Å²) in [5, 5.41) is 11.5. The minimum Gasteiger partial charge on any atom is -0.375 e. The van der Waals surface area contributed by atoms with E-state index in [1.807, 2.05) is 11.9 Å². The lowest BCUT2D eigenvalue weighted by atomic mass is 10.1. The molecule has 0 aliphatic heterocycles. The third-order valence-electron chi connectivity index (χ3n) is 2.63. The first kappa shape index (κ1) is 13.4. The van der Waals surface area contributed by atoms with Gasteiger partial charge in [-0.25, -0.2) is 4.98 Å². The summed E-state index contributed by atoms with van der Waals surface area (Å²) in [6.45, 7) is 1.18. The van der Waals surface area contributed by atoms with Crippen molar-refractivity contribution in [3.05, 3.63) is 51.0 Å². The van der Waals surface area contributed by atoms with Crippen molar-refractivity contribution in [3.63, 3.8) is 0 Å². The average molecular weight is 278 g/mol. The highest BCUT2D eigenvalue weighted by atomic mass is 32.1. The smallest absolute Gasteiger partial charge is 0.273 e. The highest BCUT2D eigenvalue weighted by Crippen LogP contribution is 2.21. The zero-order valence-electron chi connectivity index (χ0n) is 10.4. The molecule has 0 unspecified atom stereocenters. The molecule has 1 aromatic heterocycles. The van der Waals surface area contributed by atoms with Gasteiger partial charge in [-0.1, -0.05) is 18.2 Å². The number of nitrogen functional groups attached to an aromatic ring is 1. The molecule has 100 valence electrons. The molecule has 2 aromatic rings. The summed E-state index contributed by atoms with van der Waals surface area (Å²) in [6, 6.07) is 6.77. The van der Waals surface area contributed by atoms with Crippen LogP contribution < -0.4 is 5.73 Å². The van der Waals surface area contributed by atoms with Crippen molar-refractivity contribution in [3.8, 4) is 0 Å². The molecular formula is C12H14N4O2S. The molecule has 0 saturated carbocycles. The van der Waals surface area contributed by atoms with Crippen LogP contribution in [-0.4, -0.2) is 21.9 Å². The minimum atomic E-state index is -0.353. The molecule has 0 fully saturated rings. The van der Waals surface area contributed by atoms with E-state index in [0.29, 0.717) is 23.8 Å². The quantitative estimate of drug-likeness (QED) is 0.669. The van der Waals surface area contributed by atoms with E-state index in [4.69, 9.17) is 5.73 Å². The summed E-state index contributed by atoms with van der Waals surface area (Å²) in [6.07, 6.45) is 1.73. The maximum Gasteiger partial charge on any atom is 0.273 e. The molecule has 1 heterocycles. The Morgan fingerprint density at radius 3 is 2.79 bits per heavy atom. The molecule has 7 heteroatoms. The lowest BCUT2D eigenvalue weighted by Gasteiger charge is -2.15. The molecule has 0 atom stereocenters. The van der Waals surface area contributed by atoms with Crippen molar-refractivity contribution in [1.82, 2.24) is 9.88 Å². The summed E-state index contributed by atoms with van der Waals surface area (Å²) in [5.74, 6) is 0. The first-order valence-corrected chi connectivity index (χ1v) is 6.49.